The number of carbonyl (C=O) groups excluding carboxylic acids is 1. The maximum absolute atomic E-state index is 12.1. The minimum absolute atomic E-state index is 0.133. The van der Waals surface area contributed by atoms with Gasteiger partial charge in [-0.25, -0.2) is 0 Å². The van der Waals surface area contributed by atoms with Crippen LogP contribution in [0.2, 0.25) is 5.02 Å². The highest BCUT2D eigenvalue weighted by atomic mass is 35.5. The number of aromatic nitrogens is 1. The summed E-state index contributed by atoms with van der Waals surface area (Å²) in [5, 5.41) is 0.691. The van der Waals surface area contributed by atoms with E-state index in [9.17, 15) is 4.79 Å². The third-order valence-corrected chi connectivity index (χ3v) is 3.47. The van der Waals surface area contributed by atoms with Crippen LogP contribution in [0.5, 0.6) is 0 Å². The normalized spacial score (nSPS) is 10.6. The summed E-state index contributed by atoms with van der Waals surface area (Å²) in [6, 6.07) is 11.5. The Balaban J connectivity index is 2.19. The molecule has 0 saturated heterocycles. The van der Waals surface area contributed by atoms with Gasteiger partial charge in [-0.05, 0) is 36.8 Å². The zero-order chi connectivity index (χ0) is 14.5. The fraction of sp³-hybridized carbons (Fsp3) is 0.312. The van der Waals surface area contributed by atoms with Crippen LogP contribution in [0.4, 0.5) is 0 Å². The molecule has 4 heteroatoms. The second-order valence-electron chi connectivity index (χ2n) is 4.84. The molecule has 0 unspecified atom stereocenters. The van der Waals surface area contributed by atoms with Gasteiger partial charge < -0.3 is 9.47 Å². The molecule has 1 aromatic carbocycles. The molecular formula is C16H19ClN2O. The number of nitrogens with zero attached hydrogens (tertiary/aromatic N) is 2. The third kappa shape index (κ3) is 3.42. The van der Waals surface area contributed by atoms with Crippen LogP contribution in [0.15, 0.2) is 42.6 Å². The standard InChI is InChI=1S/C16H19ClN2O/c1-3-9-18(2)16(20)12-15-8-5-10-19(15)14-7-4-6-13(17)11-14/h4-8,10-11H,3,9,12H2,1-2H3. The average molecular weight is 291 g/mol. The first-order chi connectivity index (χ1) is 9.61. The monoisotopic (exact) mass is 290 g/mol. The van der Waals surface area contributed by atoms with Crippen molar-refractivity contribution in [1.29, 1.82) is 0 Å². The molecule has 0 aliphatic rings. The smallest absolute Gasteiger partial charge is 0.228 e. The van der Waals surface area contributed by atoms with E-state index in [0.29, 0.717) is 11.4 Å². The number of benzene rings is 1. The molecule has 0 aliphatic carbocycles. The van der Waals surface area contributed by atoms with Crippen LogP contribution in [0.25, 0.3) is 5.69 Å². The molecule has 2 aromatic rings. The van der Waals surface area contributed by atoms with Crippen LogP contribution in [-0.4, -0.2) is 29.0 Å². The van der Waals surface area contributed by atoms with Crippen molar-refractivity contribution in [2.45, 2.75) is 19.8 Å². The molecule has 1 heterocycles. The van der Waals surface area contributed by atoms with Crippen molar-refractivity contribution in [2.24, 2.45) is 0 Å². The Kier molecular flexibility index (Phi) is 4.85. The van der Waals surface area contributed by atoms with Gasteiger partial charge in [-0.2, -0.15) is 0 Å². The quantitative estimate of drug-likeness (QED) is 0.827. The largest absolute Gasteiger partial charge is 0.345 e. The molecule has 0 saturated carbocycles. The predicted octanol–water partition coefficient (Wildman–Crippen LogP) is 3.54. The zero-order valence-corrected chi connectivity index (χ0v) is 12.6. The van der Waals surface area contributed by atoms with E-state index in [0.717, 1.165) is 24.3 Å². The fourth-order valence-corrected chi connectivity index (χ4v) is 2.37. The summed E-state index contributed by atoms with van der Waals surface area (Å²) < 4.78 is 2.00. The number of likely N-dealkylation sites (N-methyl/N-ethyl adjacent to an activating group) is 1. The number of halogens is 1. The van der Waals surface area contributed by atoms with Gasteiger partial charge in [0, 0.05) is 36.2 Å². The molecule has 0 N–H and O–H groups in total. The summed E-state index contributed by atoms with van der Waals surface area (Å²) in [5.74, 6) is 0.133. The van der Waals surface area contributed by atoms with Gasteiger partial charge in [0.25, 0.3) is 0 Å². The first-order valence-electron chi connectivity index (χ1n) is 6.78. The van der Waals surface area contributed by atoms with E-state index in [1.807, 2.05) is 54.2 Å². The summed E-state index contributed by atoms with van der Waals surface area (Å²) in [4.78, 5) is 13.9. The lowest BCUT2D eigenvalue weighted by Crippen LogP contribution is -2.29. The van der Waals surface area contributed by atoms with Crippen LogP contribution in [0.1, 0.15) is 19.0 Å². The molecular weight excluding hydrogens is 272 g/mol. The van der Waals surface area contributed by atoms with Gasteiger partial charge in [-0.15, -0.1) is 0 Å². The minimum Gasteiger partial charge on any atom is -0.345 e. The van der Waals surface area contributed by atoms with Gasteiger partial charge in [0.2, 0.25) is 5.91 Å². The van der Waals surface area contributed by atoms with E-state index >= 15 is 0 Å². The number of hydrogen-bond acceptors (Lipinski definition) is 1. The van der Waals surface area contributed by atoms with Gasteiger partial charge in [0.05, 0.1) is 6.42 Å². The Morgan fingerprint density at radius 1 is 1.30 bits per heavy atom. The second kappa shape index (κ2) is 6.62. The van der Waals surface area contributed by atoms with E-state index in [-0.39, 0.29) is 5.91 Å². The maximum Gasteiger partial charge on any atom is 0.228 e. The van der Waals surface area contributed by atoms with E-state index in [1.54, 1.807) is 4.90 Å². The lowest BCUT2D eigenvalue weighted by molar-refractivity contribution is -0.129. The number of hydrogen-bond donors (Lipinski definition) is 0. The molecule has 3 nitrogen and oxygen atoms in total. The lowest BCUT2D eigenvalue weighted by atomic mass is 10.2. The Bertz CT molecular complexity index is 592. The summed E-state index contributed by atoms with van der Waals surface area (Å²) in [5.41, 5.74) is 1.95. The third-order valence-electron chi connectivity index (χ3n) is 3.24. The maximum atomic E-state index is 12.1. The molecule has 2 rings (SSSR count). The van der Waals surface area contributed by atoms with Crippen molar-refractivity contribution < 1.29 is 4.79 Å². The molecule has 0 atom stereocenters. The summed E-state index contributed by atoms with van der Waals surface area (Å²) in [6.45, 7) is 2.86. The Labute approximate surface area is 124 Å². The first-order valence-corrected chi connectivity index (χ1v) is 7.15. The van der Waals surface area contributed by atoms with Crippen molar-refractivity contribution in [2.75, 3.05) is 13.6 Å². The molecule has 20 heavy (non-hydrogen) atoms. The lowest BCUT2D eigenvalue weighted by Gasteiger charge is -2.17. The summed E-state index contributed by atoms with van der Waals surface area (Å²) >= 11 is 6.02. The molecule has 106 valence electrons. The van der Waals surface area contributed by atoms with E-state index in [4.69, 9.17) is 11.6 Å². The van der Waals surface area contributed by atoms with Gasteiger partial charge in [-0.1, -0.05) is 24.6 Å². The number of amides is 1. The SMILES string of the molecule is CCCN(C)C(=O)Cc1cccn1-c1cccc(Cl)c1. The van der Waals surface area contributed by atoms with Crippen molar-refractivity contribution in [3.63, 3.8) is 0 Å². The molecule has 0 fully saturated rings. The van der Waals surface area contributed by atoms with E-state index in [1.165, 1.54) is 0 Å². The summed E-state index contributed by atoms with van der Waals surface area (Å²) in [7, 11) is 1.85. The van der Waals surface area contributed by atoms with Crippen molar-refractivity contribution in [3.05, 3.63) is 53.3 Å². The molecule has 1 amide bonds. The molecule has 0 aliphatic heterocycles. The van der Waals surface area contributed by atoms with Gasteiger partial charge >= 0.3 is 0 Å². The Morgan fingerprint density at radius 2 is 2.10 bits per heavy atom. The molecule has 0 bridgehead atoms. The Morgan fingerprint density at radius 3 is 2.80 bits per heavy atom. The highest BCUT2D eigenvalue weighted by molar-refractivity contribution is 6.30. The van der Waals surface area contributed by atoms with Crippen LogP contribution in [0, 0.1) is 0 Å². The topological polar surface area (TPSA) is 25.2 Å². The average Bonchev–Trinajstić information content (AvgIpc) is 2.87. The molecule has 1 aromatic heterocycles. The molecule has 0 spiro atoms. The van der Waals surface area contributed by atoms with Gasteiger partial charge in [0.1, 0.15) is 0 Å². The van der Waals surface area contributed by atoms with Gasteiger partial charge in [-0.3, -0.25) is 4.79 Å². The summed E-state index contributed by atoms with van der Waals surface area (Å²) in [6.07, 6.45) is 3.32. The number of carbonyl (C=O) groups is 1. The van der Waals surface area contributed by atoms with Crippen LogP contribution >= 0.6 is 11.6 Å². The predicted molar refractivity (Wildman–Crippen MR) is 82.4 cm³/mol. The van der Waals surface area contributed by atoms with E-state index < -0.39 is 0 Å². The van der Waals surface area contributed by atoms with Crippen molar-refractivity contribution in [1.82, 2.24) is 9.47 Å². The van der Waals surface area contributed by atoms with E-state index in [2.05, 4.69) is 6.92 Å². The first kappa shape index (κ1) is 14.7. The fourth-order valence-electron chi connectivity index (χ4n) is 2.19. The van der Waals surface area contributed by atoms with Crippen LogP contribution in [0.3, 0.4) is 0 Å². The van der Waals surface area contributed by atoms with Gasteiger partial charge in [0.15, 0.2) is 0 Å². The van der Waals surface area contributed by atoms with Crippen LogP contribution in [-0.2, 0) is 11.2 Å². The Hall–Kier alpha value is -1.74. The van der Waals surface area contributed by atoms with Crippen molar-refractivity contribution >= 4 is 17.5 Å². The highest BCUT2D eigenvalue weighted by Crippen LogP contribution is 2.18. The highest BCUT2D eigenvalue weighted by Gasteiger charge is 2.12. The number of rotatable bonds is 5. The molecule has 0 radical (unpaired) electrons. The zero-order valence-electron chi connectivity index (χ0n) is 11.8. The minimum atomic E-state index is 0.133. The second-order valence-corrected chi connectivity index (χ2v) is 5.28. The van der Waals surface area contributed by atoms with Crippen molar-refractivity contribution in [3.8, 4) is 5.69 Å². The van der Waals surface area contributed by atoms with Crippen LogP contribution < -0.4 is 0 Å².